The number of aromatic nitrogens is 3. The number of carboxylic acids is 1. The number of nitrogens with zero attached hydrogens (tertiary/aromatic N) is 3. The quantitative estimate of drug-likeness (QED) is 0.399. The molecule has 2 aliphatic carbocycles. The lowest BCUT2D eigenvalue weighted by Gasteiger charge is -2.14. The molecule has 3 atom stereocenters. The molecule has 0 unspecified atom stereocenters. The third-order valence-corrected chi connectivity index (χ3v) is 6.82. The molecule has 2 aliphatic rings. The van der Waals surface area contributed by atoms with Crippen molar-refractivity contribution in [2.45, 2.75) is 25.1 Å². The van der Waals surface area contributed by atoms with Gasteiger partial charge in [-0.05, 0) is 47.7 Å². The predicted molar refractivity (Wildman–Crippen MR) is 116 cm³/mol. The third kappa shape index (κ3) is 3.51. The Kier molecular flexibility index (Phi) is 4.64. The highest BCUT2D eigenvalue weighted by Gasteiger charge is 2.59. The van der Waals surface area contributed by atoms with E-state index in [1.807, 2.05) is 0 Å². The van der Waals surface area contributed by atoms with Crippen LogP contribution in [0.4, 0.5) is 17.6 Å². The first-order chi connectivity index (χ1) is 16.7. The summed E-state index contributed by atoms with van der Waals surface area (Å²) in [6.07, 6.45) is -1.02. The van der Waals surface area contributed by atoms with E-state index in [1.54, 1.807) is 12.3 Å². The summed E-state index contributed by atoms with van der Waals surface area (Å²) in [6.45, 7) is -0.190. The zero-order chi connectivity index (χ0) is 24.5. The maximum absolute atomic E-state index is 14.7. The number of carbonyl (C=O) groups is 1. The standard InChI is InChI=1S/C25H17F4N3O3/c26-18-6-13-9-31-32(19-4-2-1-3-17(19)25(27,28)29)20(13)7-14(18)11-35-21-8-12-5-15-22(16(12)10-30-21)23(15)24(33)34/h1-4,6-10,15,22-23H,5,11H2,(H,33,34)/t15-,22-,23+/m1/s1. The van der Waals surface area contributed by atoms with Crippen molar-refractivity contribution in [3.63, 3.8) is 0 Å². The van der Waals surface area contributed by atoms with Gasteiger partial charge in [0.25, 0.3) is 0 Å². The van der Waals surface area contributed by atoms with Crippen LogP contribution in [0.2, 0.25) is 0 Å². The van der Waals surface area contributed by atoms with E-state index in [9.17, 15) is 27.5 Å². The number of halogens is 4. The van der Waals surface area contributed by atoms with Crippen molar-refractivity contribution in [3.8, 4) is 11.6 Å². The Hall–Kier alpha value is -3.95. The molecule has 2 aromatic heterocycles. The summed E-state index contributed by atoms with van der Waals surface area (Å²) >= 11 is 0. The van der Waals surface area contributed by atoms with Crippen LogP contribution in [0.1, 0.15) is 28.2 Å². The van der Waals surface area contributed by atoms with Gasteiger partial charge >= 0.3 is 12.1 Å². The van der Waals surface area contributed by atoms with Crippen LogP contribution in [0.15, 0.2) is 54.9 Å². The van der Waals surface area contributed by atoms with Crippen molar-refractivity contribution in [2.24, 2.45) is 11.8 Å². The second kappa shape index (κ2) is 7.53. The van der Waals surface area contributed by atoms with Gasteiger partial charge in [-0.2, -0.15) is 18.3 Å². The van der Waals surface area contributed by atoms with E-state index >= 15 is 0 Å². The van der Waals surface area contributed by atoms with Gasteiger partial charge in [0.05, 0.1) is 28.9 Å². The van der Waals surface area contributed by atoms with E-state index in [2.05, 4.69) is 10.1 Å². The molecule has 2 aromatic carbocycles. The fourth-order valence-corrected chi connectivity index (χ4v) is 5.13. The van der Waals surface area contributed by atoms with Gasteiger partial charge in [-0.1, -0.05) is 12.1 Å². The second-order valence-electron chi connectivity index (χ2n) is 8.84. The van der Waals surface area contributed by atoms with Gasteiger partial charge in [-0.25, -0.2) is 14.1 Å². The Labute approximate surface area is 195 Å². The number of alkyl halides is 3. The zero-order valence-corrected chi connectivity index (χ0v) is 18.0. The number of pyridine rings is 1. The average Bonchev–Trinajstić information content (AvgIpc) is 3.19. The van der Waals surface area contributed by atoms with Gasteiger partial charge in [0.1, 0.15) is 12.4 Å². The number of rotatable bonds is 5. The number of carboxylic acid groups (broad SMARTS) is 1. The highest BCUT2D eigenvalue weighted by Crippen LogP contribution is 2.61. The molecular weight excluding hydrogens is 466 g/mol. The van der Waals surface area contributed by atoms with Gasteiger partial charge in [-0.15, -0.1) is 0 Å². The van der Waals surface area contributed by atoms with Gasteiger partial charge in [0.15, 0.2) is 0 Å². The minimum atomic E-state index is -4.58. The van der Waals surface area contributed by atoms with E-state index in [1.165, 1.54) is 36.5 Å². The first-order valence-corrected chi connectivity index (χ1v) is 10.9. The molecule has 0 bridgehead atoms. The second-order valence-corrected chi connectivity index (χ2v) is 8.84. The largest absolute Gasteiger partial charge is 0.481 e. The van der Waals surface area contributed by atoms with E-state index in [-0.39, 0.29) is 41.5 Å². The number of benzene rings is 2. The van der Waals surface area contributed by atoms with Crippen molar-refractivity contribution in [1.29, 1.82) is 0 Å². The lowest BCUT2D eigenvalue weighted by Crippen LogP contribution is -2.11. The number of fused-ring (bicyclic) bond motifs is 4. The highest BCUT2D eigenvalue weighted by molar-refractivity contribution is 5.81. The molecule has 0 spiro atoms. The zero-order valence-electron chi connectivity index (χ0n) is 18.0. The molecule has 4 aromatic rings. The van der Waals surface area contributed by atoms with Crippen LogP contribution in [0, 0.1) is 17.7 Å². The molecule has 0 aliphatic heterocycles. The molecular formula is C25H17F4N3O3. The molecule has 35 heavy (non-hydrogen) atoms. The molecule has 2 heterocycles. The minimum Gasteiger partial charge on any atom is -0.481 e. The normalized spacial score (nSPS) is 20.5. The number of hydrogen-bond donors (Lipinski definition) is 1. The molecule has 1 N–H and O–H groups in total. The monoisotopic (exact) mass is 483 g/mol. The number of hydrogen-bond acceptors (Lipinski definition) is 4. The van der Waals surface area contributed by atoms with E-state index in [4.69, 9.17) is 4.74 Å². The van der Waals surface area contributed by atoms with Crippen LogP contribution in [-0.4, -0.2) is 25.8 Å². The van der Waals surface area contributed by atoms with Crippen molar-refractivity contribution in [2.75, 3.05) is 0 Å². The van der Waals surface area contributed by atoms with Crippen LogP contribution in [0.25, 0.3) is 16.6 Å². The Morgan fingerprint density at radius 2 is 1.97 bits per heavy atom. The first-order valence-electron chi connectivity index (χ1n) is 10.9. The van der Waals surface area contributed by atoms with Gasteiger partial charge in [0, 0.05) is 29.1 Å². The van der Waals surface area contributed by atoms with E-state index in [0.29, 0.717) is 17.3 Å². The first kappa shape index (κ1) is 21.6. The number of ether oxygens (including phenoxy) is 1. The summed E-state index contributed by atoms with van der Waals surface area (Å²) in [4.78, 5) is 15.5. The Morgan fingerprint density at radius 1 is 1.17 bits per heavy atom. The molecule has 1 fully saturated rings. The van der Waals surface area contributed by atoms with Crippen molar-refractivity contribution < 1.29 is 32.2 Å². The third-order valence-electron chi connectivity index (χ3n) is 6.82. The minimum absolute atomic E-state index is 0.0104. The molecule has 10 heteroatoms. The average molecular weight is 483 g/mol. The van der Waals surface area contributed by atoms with Crippen LogP contribution in [0.3, 0.4) is 0 Å². The molecule has 0 saturated heterocycles. The number of aliphatic carboxylic acids is 1. The molecule has 0 amide bonds. The van der Waals surface area contributed by atoms with Crippen molar-refractivity contribution in [3.05, 3.63) is 82.9 Å². The Balaban J connectivity index is 1.28. The van der Waals surface area contributed by atoms with Gasteiger partial charge in [-0.3, -0.25) is 4.79 Å². The summed E-state index contributed by atoms with van der Waals surface area (Å²) in [5, 5.41) is 13.7. The summed E-state index contributed by atoms with van der Waals surface area (Å²) < 4.78 is 62.1. The highest BCUT2D eigenvalue weighted by atomic mass is 19.4. The fraction of sp³-hybridized carbons (Fsp3) is 0.240. The van der Waals surface area contributed by atoms with E-state index < -0.39 is 23.5 Å². The summed E-state index contributed by atoms with van der Waals surface area (Å²) in [5.74, 6) is -1.39. The Bertz CT molecular complexity index is 1500. The molecule has 0 radical (unpaired) electrons. The molecule has 178 valence electrons. The molecule has 6 rings (SSSR count). The smallest absolute Gasteiger partial charge is 0.418 e. The van der Waals surface area contributed by atoms with Crippen LogP contribution in [0.5, 0.6) is 5.88 Å². The lowest BCUT2D eigenvalue weighted by molar-refractivity contribution is -0.139. The van der Waals surface area contributed by atoms with E-state index in [0.717, 1.165) is 21.9 Å². The van der Waals surface area contributed by atoms with Crippen LogP contribution >= 0.6 is 0 Å². The lowest BCUT2D eigenvalue weighted by atomic mass is 10.0. The fourth-order valence-electron chi connectivity index (χ4n) is 5.13. The van der Waals surface area contributed by atoms with Crippen LogP contribution < -0.4 is 4.74 Å². The van der Waals surface area contributed by atoms with Crippen molar-refractivity contribution >= 4 is 16.9 Å². The maximum atomic E-state index is 14.7. The summed E-state index contributed by atoms with van der Waals surface area (Å²) in [7, 11) is 0. The maximum Gasteiger partial charge on any atom is 0.418 e. The Morgan fingerprint density at radius 3 is 2.74 bits per heavy atom. The number of para-hydroxylation sites is 1. The SMILES string of the molecule is O=C(O)[C@H]1[C@@H]2Cc3cc(OCc4cc5c(cnn5-c5ccccc5C(F)(F)F)cc4F)ncc3[C@@H]21. The molecule has 6 nitrogen and oxygen atoms in total. The van der Waals surface area contributed by atoms with Crippen LogP contribution in [-0.2, 0) is 24.0 Å². The summed E-state index contributed by atoms with van der Waals surface area (Å²) in [6, 6.07) is 9.43. The van der Waals surface area contributed by atoms with Gasteiger partial charge < -0.3 is 9.84 Å². The summed E-state index contributed by atoms with van der Waals surface area (Å²) in [5.41, 5.74) is 1.32. The predicted octanol–water partition coefficient (Wildman–Crippen LogP) is 5.13. The van der Waals surface area contributed by atoms with Crippen molar-refractivity contribution in [1.82, 2.24) is 14.8 Å². The van der Waals surface area contributed by atoms with Gasteiger partial charge in [0.2, 0.25) is 5.88 Å². The topological polar surface area (TPSA) is 77.2 Å². The molecule has 1 saturated carbocycles.